The first-order valence-electron chi connectivity index (χ1n) is 42.7. The highest BCUT2D eigenvalue weighted by atomic mass is 32.2. The number of aromatic amines is 3. The number of H-pyrrole nitrogens is 3. The van der Waals surface area contributed by atoms with Crippen molar-refractivity contribution in [3.8, 4) is 0 Å². The molecule has 36 heteroatoms. The van der Waals surface area contributed by atoms with Crippen LogP contribution in [0.15, 0.2) is 104 Å². The van der Waals surface area contributed by atoms with E-state index in [1.54, 1.807) is 67.0 Å². The van der Waals surface area contributed by atoms with Crippen LogP contribution in [0.3, 0.4) is 0 Å². The van der Waals surface area contributed by atoms with Crippen molar-refractivity contribution < 1.29 is 86.6 Å². The van der Waals surface area contributed by atoms with Gasteiger partial charge in [0.1, 0.15) is 42.0 Å². The number of carbonyl (C=O) groups is 17. The van der Waals surface area contributed by atoms with Crippen LogP contribution in [0.25, 0.3) is 21.8 Å². The molecular formula is C89H121N17O18S. The molecule has 0 unspecified atom stereocenters. The van der Waals surface area contributed by atoms with Gasteiger partial charge in [-0.05, 0) is 80.2 Å². The maximum atomic E-state index is 15.5. The molecular weight excluding hydrogens is 1630 g/mol. The Bertz CT molecular complexity index is 4800. The summed E-state index contributed by atoms with van der Waals surface area (Å²) in [4.78, 5) is 265. The van der Waals surface area contributed by atoms with Gasteiger partial charge < -0.3 is 87.9 Å². The van der Waals surface area contributed by atoms with Gasteiger partial charge in [0.2, 0.25) is 76.8 Å². The van der Waals surface area contributed by atoms with Crippen LogP contribution in [0.2, 0.25) is 0 Å². The predicted molar refractivity (Wildman–Crippen MR) is 466 cm³/mol. The van der Waals surface area contributed by atoms with Crippen molar-refractivity contribution in [3.05, 3.63) is 126 Å². The first-order chi connectivity index (χ1) is 59.6. The van der Waals surface area contributed by atoms with Gasteiger partial charge in [-0.3, -0.25) is 81.5 Å². The molecule has 6 aromatic rings. The lowest BCUT2D eigenvalue weighted by Crippen LogP contribution is -2.58. The normalized spacial score (nSPS) is 23.9. The van der Waals surface area contributed by atoms with E-state index in [0.717, 1.165) is 21.6 Å². The molecule has 0 spiro atoms. The molecule has 676 valence electrons. The number of thioether (sulfide) groups is 1. The molecule has 2 aliphatic rings. The fourth-order valence-electron chi connectivity index (χ4n) is 16.1. The predicted octanol–water partition coefficient (Wildman–Crippen LogP) is 2.74. The van der Waals surface area contributed by atoms with Gasteiger partial charge in [0.05, 0.1) is 62.2 Å². The molecule has 0 radical (unpaired) electrons. The second-order valence-corrected chi connectivity index (χ2v) is 34.1. The average Bonchev–Trinajstić information content (AvgIpc) is 1.22. The molecule has 0 aliphatic carbocycles. The van der Waals surface area contributed by atoms with Gasteiger partial charge in [0.25, 0.3) is 0 Å². The number of ketones is 4. The Morgan fingerprint density at radius 1 is 0.568 bits per heavy atom. The van der Waals surface area contributed by atoms with Crippen LogP contribution in [0.4, 0.5) is 0 Å². The Kier molecular flexibility index (Phi) is 37.6. The monoisotopic (exact) mass is 1750 g/mol. The molecule has 3 aromatic carbocycles. The van der Waals surface area contributed by atoms with Crippen LogP contribution in [-0.2, 0) is 107 Å². The van der Waals surface area contributed by atoms with Gasteiger partial charge in [0.15, 0.2) is 17.3 Å². The number of benzene rings is 3. The van der Waals surface area contributed by atoms with E-state index in [4.69, 9.17) is 11.5 Å². The SMILES string of the molecule is CCCC[C@H]1C(=O)N(C)[C@@H](CCCC)C(=O)CCC(=O)N[C@H](C(=O)NCC(N)=O)CSCC(=O)N[C@@H](Cc2ccccc2)C(=O)N(C)[C@@H](C)C(=O)N[C@@H](CC(N)=O)C(=O)N2CCC[C@H]2C(=O)C[C@@H](Cc2cnc[nH]2)C(=O)C[C@@H](CC(C)C)C(=O)N(C)CC(=O)N[C@@H](Cc2c[nH]c3ccccc23)C(=O)C[C@@H](CO)C(=O)N[C@@H](Cc2c[nH]c3ccccc23)C(=O)N1C. The van der Waals surface area contributed by atoms with Crippen LogP contribution in [0, 0.1) is 23.7 Å². The maximum Gasteiger partial charge on any atom is 0.246 e. The lowest BCUT2D eigenvalue weighted by atomic mass is 9.83. The third-order valence-corrected chi connectivity index (χ3v) is 24.1. The highest BCUT2D eigenvalue weighted by Gasteiger charge is 2.44. The fourth-order valence-corrected chi connectivity index (χ4v) is 16.9. The average molecular weight is 1750 g/mol. The van der Waals surface area contributed by atoms with E-state index in [-0.39, 0.29) is 76.0 Å². The van der Waals surface area contributed by atoms with Crippen LogP contribution in [-0.4, -0.2) is 270 Å². The summed E-state index contributed by atoms with van der Waals surface area (Å²) in [7, 11) is 5.46. The second-order valence-electron chi connectivity index (χ2n) is 33.1. The number of carbonyl (C=O) groups excluding carboxylic acids is 17. The molecule has 35 nitrogen and oxygen atoms in total. The lowest BCUT2D eigenvalue weighted by Gasteiger charge is -2.36. The standard InChI is InChI=1S/C89H121N17O18S/c1-10-12-28-70-73(108)31-32-79(114)99-69(84(119)95-46-78(91)113)49-125-50-81(116)98-66(35-54-22-15-14-16-23-54)86(121)103(7)53(5)82(117)100-68(42-77(90)112)88(123)106-33-21-30-71(106)76(111)39-55(36-60-45-92-51-96-60)74(109)40-56(34-52(3)4)85(120)102(6)47-80(115)97-65(37-57-43-93-63-26-19-17-24-61(57)63)75(110)41-59(48-107)83(118)101-67(38-58-44-94-64-27-20-18-25-62(58)64)87(122)105(9)72(29-13-11-2)89(124)104(70)8/h14-20,22-27,43-45,51-53,55-56,59,65-72,93-94,107H,10-13,21,28-42,46-50H2,1-9H3,(H2,90,112)(H2,91,113)(H,92,96)(H,95,119)(H,97,115)(H,98,116)(H,99,114)(H,100,117)(H,101,118)/t53-,55+,56+,59-,65-,66-,67-,68-,69-,70-,71-,72-/m0/s1. The molecule has 0 saturated carbocycles. The van der Waals surface area contributed by atoms with Crippen molar-refractivity contribution in [1.82, 2.24) is 76.3 Å². The minimum Gasteiger partial charge on any atom is -0.396 e. The summed E-state index contributed by atoms with van der Waals surface area (Å²) in [6.45, 7) is 6.54. The van der Waals surface area contributed by atoms with Gasteiger partial charge in [-0.1, -0.05) is 120 Å². The summed E-state index contributed by atoms with van der Waals surface area (Å²) in [5, 5.41) is 28.4. The van der Waals surface area contributed by atoms with Crippen molar-refractivity contribution in [2.45, 2.75) is 211 Å². The molecule has 13 amide bonds. The number of amides is 13. The summed E-state index contributed by atoms with van der Waals surface area (Å²) in [5.74, 6) is -17.8. The molecule has 14 N–H and O–H groups in total. The minimum absolute atomic E-state index is 0.0205. The van der Waals surface area contributed by atoms with E-state index in [0.29, 0.717) is 69.9 Å². The number of Topliss-reactive ketones (excluding diaryl/α,β-unsaturated/α-hetero) is 4. The molecule has 5 heterocycles. The number of para-hydroxylation sites is 2. The summed E-state index contributed by atoms with van der Waals surface area (Å²) < 4.78 is 0. The third kappa shape index (κ3) is 28.3. The first kappa shape index (κ1) is 98.5. The number of primary amides is 2. The Balaban J connectivity index is 1.14. The number of aliphatic hydroxyl groups is 1. The van der Waals surface area contributed by atoms with Crippen LogP contribution in [0.1, 0.15) is 153 Å². The first-order valence-corrected chi connectivity index (χ1v) is 43.9. The third-order valence-electron chi connectivity index (χ3n) is 23.1. The number of imidazole rings is 1. The highest BCUT2D eigenvalue weighted by Crippen LogP contribution is 2.30. The number of hydrogen-bond donors (Lipinski definition) is 12. The molecule has 8 rings (SSSR count). The number of likely N-dealkylation sites (N-methyl/N-ethyl adjacent to an activating group) is 4. The number of nitrogens with two attached hydrogens (primary N) is 2. The molecule has 2 fully saturated rings. The highest BCUT2D eigenvalue weighted by molar-refractivity contribution is 8.00. The molecule has 2 aliphatic heterocycles. The van der Waals surface area contributed by atoms with E-state index in [2.05, 4.69) is 51.8 Å². The lowest BCUT2D eigenvalue weighted by molar-refractivity contribution is -0.149. The van der Waals surface area contributed by atoms with E-state index < -0.39 is 236 Å². The molecule has 125 heavy (non-hydrogen) atoms. The zero-order valence-corrected chi connectivity index (χ0v) is 73.4. The summed E-state index contributed by atoms with van der Waals surface area (Å²) in [6, 6.07) is 10.5. The van der Waals surface area contributed by atoms with E-state index in [1.165, 1.54) is 62.3 Å². The molecule has 0 bridgehead atoms. The van der Waals surface area contributed by atoms with Gasteiger partial charge in [-0.25, -0.2) is 4.98 Å². The quantitative estimate of drug-likeness (QED) is 0.0465. The van der Waals surface area contributed by atoms with E-state index in [9.17, 15) is 62.6 Å². The number of rotatable bonds is 22. The number of aromatic nitrogens is 4. The fraction of sp³-hybridized carbons (Fsp3) is 0.528. The number of unbranched alkanes of at least 4 members (excludes halogenated alkanes) is 2. The largest absolute Gasteiger partial charge is 0.396 e. The van der Waals surface area contributed by atoms with E-state index in [1.807, 2.05) is 52.0 Å². The number of aliphatic hydroxyl groups excluding tert-OH is 1. The Hall–Kier alpha value is -12.0. The van der Waals surface area contributed by atoms with Crippen LogP contribution < -0.4 is 43.4 Å². The molecule has 2 saturated heterocycles. The number of nitrogens with zero attached hydrogens (tertiary/aromatic N) is 6. The topological polar surface area (TPSA) is 511 Å². The Morgan fingerprint density at radius 3 is 1.75 bits per heavy atom. The van der Waals surface area contributed by atoms with Gasteiger partial charge in [-0.2, -0.15) is 0 Å². The van der Waals surface area contributed by atoms with Crippen molar-refractivity contribution in [1.29, 1.82) is 0 Å². The zero-order valence-electron chi connectivity index (χ0n) is 72.6. The Morgan fingerprint density at radius 2 is 1.14 bits per heavy atom. The van der Waals surface area contributed by atoms with Crippen molar-refractivity contribution in [2.24, 2.45) is 35.1 Å². The van der Waals surface area contributed by atoms with Crippen molar-refractivity contribution >= 4 is 133 Å². The van der Waals surface area contributed by atoms with Gasteiger partial charge in [0, 0.05) is 150 Å². The summed E-state index contributed by atoms with van der Waals surface area (Å²) in [5.41, 5.74) is 14.7. The maximum absolute atomic E-state index is 15.5. The van der Waals surface area contributed by atoms with Crippen LogP contribution in [0.5, 0.6) is 0 Å². The van der Waals surface area contributed by atoms with Gasteiger partial charge >= 0.3 is 0 Å². The molecule has 3 aromatic heterocycles. The summed E-state index contributed by atoms with van der Waals surface area (Å²) >= 11 is 0.846. The summed E-state index contributed by atoms with van der Waals surface area (Å²) in [6.07, 6.45) is 5.10. The Labute approximate surface area is 731 Å². The van der Waals surface area contributed by atoms with Gasteiger partial charge in [-0.15, -0.1) is 11.8 Å². The zero-order chi connectivity index (χ0) is 91.3. The molecule has 12 atom stereocenters. The smallest absolute Gasteiger partial charge is 0.246 e. The second kappa shape index (κ2) is 47.8. The minimum atomic E-state index is -1.68. The number of hydrogen-bond acceptors (Lipinski definition) is 20. The number of fused-ring (bicyclic) bond motifs is 3. The van der Waals surface area contributed by atoms with Crippen LogP contribution >= 0.6 is 11.8 Å². The van der Waals surface area contributed by atoms with Crippen molar-refractivity contribution in [3.63, 3.8) is 0 Å². The number of nitrogens with one attached hydrogen (secondary N) is 9. The van der Waals surface area contributed by atoms with Crippen molar-refractivity contribution in [2.75, 3.05) is 65.9 Å². The van der Waals surface area contributed by atoms with E-state index >= 15 is 24.0 Å².